The fourth-order valence-corrected chi connectivity index (χ4v) is 1.83. The van der Waals surface area contributed by atoms with Gasteiger partial charge in [-0.25, -0.2) is 0 Å². The summed E-state index contributed by atoms with van der Waals surface area (Å²) in [6.07, 6.45) is 0. The van der Waals surface area contributed by atoms with Crippen LogP contribution in [0.5, 0.6) is 0 Å². The van der Waals surface area contributed by atoms with Crippen molar-refractivity contribution >= 4 is 36.2 Å². The Balaban J connectivity index is 0.00000144. The van der Waals surface area contributed by atoms with Crippen LogP contribution in [0.15, 0.2) is 36.4 Å². The first kappa shape index (κ1) is 16.6. The van der Waals surface area contributed by atoms with E-state index in [0.29, 0.717) is 0 Å². The minimum Gasteiger partial charge on any atom is -0.399 e. The van der Waals surface area contributed by atoms with Gasteiger partial charge in [-0.05, 0) is 43.2 Å². The Morgan fingerprint density at radius 2 is 1.44 bits per heavy atom. The number of nitrogen functional groups attached to an aromatic ring is 2. The Morgan fingerprint density at radius 1 is 0.778 bits per heavy atom. The van der Waals surface area contributed by atoms with Crippen LogP contribution in [0.4, 0.5) is 11.4 Å². The summed E-state index contributed by atoms with van der Waals surface area (Å²) in [6, 6.07) is 11.9. The molecule has 0 fully saturated rings. The third kappa shape index (κ3) is 3.31. The summed E-state index contributed by atoms with van der Waals surface area (Å²) < 4.78 is 0. The molecule has 0 radical (unpaired) electrons. The summed E-state index contributed by atoms with van der Waals surface area (Å²) in [4.78, 5) is 0. The zero-order chi connectivity index (χ0) is 11.7. The van der Waals surface area contributed by atoms with E-state index in [9.17, 15) is 0 Å². The van der Waals surface area contributed by atoms with Gasteiger partial charge in [0.25, 0.3) is 0 Å². The van der Waals surface area contributed by atoms with E-state index in [2.05, 4.69) is 32.0 Å². The third-order valence-electron chi connectivity index (χ3n) is 2.76. The lowest BCUT2D eigenvalue weighted by Crippen LogP contribution is -1.94. The first-order chi connectivity index (χ1) is 7.58. The second-order valence-corrected chi connectivity index (χ2v) is 4.17. The molecule has 2 aromatic rings. The fraction of sp³-hybridized carbons (Fsp3) is 0.143. The van der Waals surface area contributed by atoms with Crippen LogP contribution in [-0.2, 0) is 0 Å². The molecule has 18 heavy (non-hydrogen) atoms. The van der Waals surface area contributed by atoms with Crippen LogP contribution in [0.1, 0.15) is 11.1 Å². The molecule has 2 aromatic carbocycles. The number of anilines is 2. The fourth-order valence-electron chi connectivity index (χ4n) is 1.83. The Bertz CT molecular complexity index is 490. The minimum absolute atomic E-state index is 0. The van der Waals surface area contributed by atoms with Crippen LogP contribution in [0.25, 0.3) is 11.1 Å². The molecular weight excluding hydrogens is 267 g/mol. The first-order valence-corrected chi connectivity index (χ1v) is 5.30. The highest BCUT2D eigenvalue weighted by atomic mass is 35.5. The van der Waals surface area contributed by atoms with Gasteiger partial charge in [-0.3, -0.25) is 0 Å². The number of hydrogen-bond acceptors (Lipinski definition) is 2. The molecule has 0 aromatic heterocycles. The lowest BCUT2D eigenvalue weighted by Gasteiger charge is -2.11. The van der Waals surface area contributed by atoms with Crippen LogP contribution >= 0.6 is 24.8 Å². The molecule has 0 unspecified atom stereocenters. The van der Waals surface area contributed by atoms with Gasteiger partial charge >= 0.3 is 0 Å². The van der Waals surface area contributed by atoms with Crippen molar-refractivity contribution in [3.63, 3.8) is 0 Å². The van der Waals surface area contributed by atoms with Crippen molar-refractivity contribution in [1.29, 1.82) is 0 Å². The van der Waals surface area contributed by atoms with Crippen LogP contribution in [0.3, 0.4) is 0 Å². The van der Waals surface area contributed by atoms with Gasteiger partial charge in [0.15, 0.2) is 0 Å². The van der Waals surface area contributed by atoms with Crippen LogP contribution < -0.4 is 11.5 Å². The van der Waals surface area contributed by atoms with Gasteiger partial charge < -0.3 is 11.5 Å². The molecule has 0 heterocycles. The van der Waals surface area contributed by atoms with Crippen molar-refractivity contribution in [3.8, 4) is 11.1 Å². The van der Waals surface area contributed by atoms with Crippen molar-refractivity contribution in [1.82, 2.24) is 0 Å². The number of nitrogens with two attached hydrogens (primary N) is 2. The van der Waals surface area contributed by atoms with Crippen molar-refractivity contribution in [2.24, 2.45) is 0 Å². The highest BCUT2D eigenvalue weighted by molar-refractivity contribution is 5.85. The molecule has 4 N–H and O–H groups in total. The molecule has 0 atom stereocenters. The summed E-state index contributed by atoms with van der Waals surface area (Å²) >= 11 is 0. The maximum atomic E-state index is 5.98. The first-order valence-electron chi connectivity index (χ1n) is 5.30. The van der Waals surface area contributed by atoms with Crippen molar-refractivity contribution in [2.75, 3.05) is 11.5 Å². The van der Waals surface area contributed by atoms with Gasteiger partial charge in [-0.1, -0.05) is 23.8 Å². The molecule has 2 nitrogen and oxygen atoms in total. The lowest BCUT2D eigenvalue weighted by atomic mass is 9.97. The minimum atomic E-state index is 0. The number of benzene rings is 2. The van der Waals surface area contributed by atoms with Gasteiger partial charge in [0, 0.05) is 16.9 Å². The van der Waals surface area contributed by atoms with E-state index >= 15 is 0 Å². The van der Waals surface area contributed by atoms with Gasteiger partial charge in [0.05, 0.1) is 0 Å². The van der Waals surface area contributed by atoms with E-state index in [1.807, 2.05) is 18.2 Å². The molecule has 0 spiro atoms. The molecule has 2 rings (SSSR count). The average molecular weight is 285 g/mol. The Hall–Kier alpha value is -1.38. The molecule has 0 amide bonds. The van der Waals surface area contributed by atoms with Crippen LogP contribution in [0, 0.1) is 13.8 Å². The van der Waals surface area contributed by atoms with Crippen LogP contribution in [0.2, 0.25) is 0 Å². The summed E-state index contributed by atoms with van der Waals surface area (Å²) in [6.45, 7) is 4.16. The third-order valence-corrected chi connectivity index (χ3v) is 2.76. The predicted octanol–water partition coefficient (Wildman–Crippen LogP) is 3.98. The monoisotopic (exact) mass is 284 g/mol. The van der Waals surface area contributed by atoms with Crippen molar-refractivity contribution in [2.45, 2.75) is 13.8 Å². The summed E-state index contributed by atoms with van der Waals surface area (Å²) in [5, 5.41) is 0. The summed E-state index contributed by atoms with van der Waals surface area (Å²) in [5.41, 5.74) is 17.9. The zero-order valence-corrected chi connectivity index (χ0v) is 12.1. The smallest absolute Gasteiger partial charge is 0.0395 e. The highest BCUT2D eigenvalue weighted by Gasteiger charge is 2.06. The van der Waals surface area contributed by atoms with Crippen molar-refractivity contribution in [3.05, 3.63) is 47.5 Å². The topological polar surface area (TPSA) is 52.0 Å². The number of hydrogen-bond donors (Lipinski definition) is 2. The van der Waals surface area contributed by atoms with E-state index in [4.69, 9.17) is 11.5 Å². The second-order valence-electron chi connectivity index (χ2n) is 4.17. The quantitative estimate of drug-likeness (QED) is 0.779. The number of halogens is 2. The summed E-state index contributed by atoms with van der Waals surface area (Å²) in [5.74, 6) is 0. The van der Waals surface area contributed by atoms with Gasteiger partial charge in [0.2, 0.25) is 0 Å². The molecule has 0 aliphatic carbocycles. The Kier molecular flexibility index (Phi) is 6.02. The van der Waals surface area contributed by atoms with E-state index < -0.39 is 0 Å². The van der Waals surface area contributed by atoms with Crippen LogP contribution in [-0.4, -0.2) is 0 Å². The largest absolute Gasteiger partial charge is 0.399 e. The Morgan fingerprint density at radius 3 is 2.11 bits per heavy atom. The van der Waals surface area contributed by atoms with E-state index in [-0.39, 0.29) is 24.8 Å². The number of aryl methyl sites for hydroxylation is 2. The van der Waals surface area contributed by atoms with E-state index in [1.54, 1.807) is 0 Å². The molecule has 4 heteroatoms. The molecule has 0 saturated carbocycles. The van der Waals surface area contributed by atoms with E-state index in [1.165, 1.54) is 11.1 Å². The maximum absolute atomic E-state index is 5.98. The molecule has 0 saturated heterocycles. The zero-order valence-electron chi connectivity index (χ0n) is 10.4. The molecule has 98 valence electrons. The standard InChI is InChI=1S/C14H16N2.2ClH/c1-9-3-4-10(2)12(7-9)13-8-11(15)5-6-14(13)16;;/h3-8H,15-16H2,1-2H3;2*1H. The molecule has 0 aliphatic rings. The highest BCUT2D eigenvalue weighted by Crippen LogP contribution is 2.30. The number of rotatable bonds is 1. The summed E-state index contributed by atoms with van der Waals surface area (Å²) in [7, 11) is 0. The molecule has 0 bridgehead atoms. The lowest BCUT2D eigenvalue weighted by molar-refractivity contribution is 1.39. The predicted molar refractivity (Wildman–Crippen MR) is 84.7 cm³/mol. The van der Waals surface area contributed by atoms with E-state index in [0.717, 1.165) is 22.5 Å². The molecule has 0 aliphatic heterocycles. The Labute approximate surface area is 120 Å². The van der Waals surface area contributed by atoms with Gasteiger partial charge in [0.1, 0.15) is 0 Å². The average Bonchev–Trinajstić information content (AvgIpc) is 2.25. The van der Waals surface area contributed by atoms with Gasteiger partial charge in [-0.15, -0.1) is 24.8 Å². The van der Waals surface area contributed by atoms with Crippen molar-refractivity contribution < 1.29 is 0 Å². The second kappa shape index (κ2) is 6.53. The van der Waals surface area contributed by atoms with Gasteiger partial charge in [-0.2, -0.15) is 0 Å². The molecular formula is C14H18Cl2N2. The normalized spacial score (nSPS) is 9.22. The maximum Gasteiger partial charge on any atom is 0.0395 e. The SMILES string of the molecule is Cc1ccc(C)c(-c2cc(N)ccc2N)c1.Cl.Cl.